The molecular weight excluding hydrogens is 400 g/mol. The number of carbonyl (C=O) groups is 1. The van der Waals surface area contributed by atoms with Gasteiger partial charge in [0.2, 0.25) is 0 Å². The second kappa shape index (κ2) is 8.39. The highest BCUT2D eigenvalue weighted by atomic mass is 32.1. The van der Waals surface area contributed by atoms with Gasteiger partial charge in [-0.25, -0.2) is 10.4 Å². The minimum Gasteiger partial charge on any atom is -0.497 e. The summed E-state index contributed by atoms with van der Waals surface area (Å²) in [5, 5.41) is 4.68. The number of fused-ring (bicyclic) bond motifs is 3. The number of benzene rings is 1. The Hall–Kier alpha value is -3.00. The van der Waals surface area contributed by atoms with Gasteiger partial charge in [0.25, 0.3) is 11.5 Å². The lowest BCUT2D eigenvalue weighted by Gasteiger charge is -2.18. The average molecular weight is 425 g/mol. The van der Waals surface area contributed by atoms with Crippen LogP contribution in [-0.4, -0.2) is 28.8 Å². The van der Waals surface area contributed by atoms with E-state index < -0.39 is 6.04 Å². The smallest absolute Gasteiger partial charge is 0.263 e. The van der Waals surface area contributed by atoms with E-state index in [4.69, 9.17) is 4.74 Å². The molecule has 2 atom stereocenters. The number of hydrogen-bond acceptors (Lipinski definition) is 6. The van der Waals surface area contributed by atoms with Crippen molar-refractivity contribution in [3.8, 4) is 5.75 Å². The summed E-state index contributed by atoms with van der Waals surface area (Å²) in [4.78, 5) is 32.2. The summed E-state index contributed by atoms with van der Waals surface area (Å²) in [7, 11) is 1.60. The summed E-state index contributed by atoms with van der Waals surface area (Å²) in [5.41, 5.74) is 4.29. The van der Waals surface area contributed by atoms with E-state index in [1.54, 1.807) is 31.6 Å². The highest BCUT2D eigenvalue weighted by Crippen LogP contribution is 2.35. The van der Waals surface area contributed by atoms with Gasteiger partial charge < -0.3 is 4.74 Å². The van der Waals surface area contributed by atoms with Crippen molar-refractivity contribution in [1.82, 2.24) is 15.0 Å². The fraction of sp³-hybridized carbons (Fsp3) is 0.364. The Labute approximate surface area is 178 Å². The number of nitrogens with zero attached hydrogens (tertiary/aromatic N) is 3. The molecule has 1 amide bonds. The topological polar surface area (TPSA) is 85.6 Å². The zero-order valence-electron chi connectivity index (χ0n) is 17.2. The number of carbonyl (C=O) groups excluding carboxylic acids is 1. The first-order valence-electron chi connectivity index (χ1n) is 9.96. The summed E-state index contributed by atoms with van der Waals surface area (Å²) >= 11 is 1.60. The van der Waals surface area contributed by atoms with Crippen molar-refractivity contribution in [2.75, 3.05) is 7.11 Å². The molecule has 0 spiro atoms. The molecule has 30 heavy (non-hydrogen) atoms. The minimum atomic E-state index is -0.722. The normalized spacial score (nSPS) is 17.1. The SMILES string of the molecule is COc1ccc(/C=N/NC(=O)C(C)n2cnc3sc4c(c3c2=O)CCC(C)C4)cc1. The van der Waals surface area contributed by atoms with E-state index in [1.807, 2.05) is 24.3 Å². The van der Waals surface area contributed by atoms with Crippen molar-refractivity contribution in [3.63, 3.8) is 0 Å². The number of amides is 1. The Morgan fingerprint density at radius 2 is 2.17 bits per heavy atom. The minimum absolute atomic E-state index is 0.158. The molecule has 0 radical (unpaired) electrons. The van der Waals surface area contributed by atoms with Crippen molar-refractivity contribution >= 4 is 33.7 Å². The van der Waals surface area contributed by atoms with Crippen LogP contribution in [0.4, 0.5) is 0 Å². The average Bonchev–Trinajstić information content (AvgIpc) is 3.12. The molecule has 3 aromatic rings. The van der Waals surface area contributed by atoms with Gasteiger partial charge in [-0.1, -0.05) is 6.92 Å². The van der Waals surface area contributed by atoms with Crippen LogP contribution in [0, 0.1) is 5.92 Å². The van der Waals surface area contributed by atoms with Crippen molar-refractivity contribution in [1.29, 1.82) is 0 Å². The monoisotopic (exact) mass is 424 g/mol. The summed E-state index contributed by atoms with van der Waals surface area (Å²) < 4.78 is 6.51. The molecule has 1 N–H and O–H groups in total. The number of hydrazone groups is 1. The Bertz CT molecular complexity index is 1160. The standard InChI is InChI=1S/C22H24N4O3S/c1-13-4-9-17-18(10-13)30-21-19(17)22(28)26(12-23-21)14(2)20(27)25-24-11-15-5-7-16(29-3)8-6-15/h5-8,11-14H,4,9-10H2,1-3H3,(H,25,27)/b24-11+. The third-order valence-corrected chi connectivity index (χ3v) is 6.70. The predicted molar refractivity (Wildman–Crippen MR) is 119 cm³/mol. The largest absolute Gasteiger partial charge is 0.497 e. The molecule has 0 saturated carbocycles. The summed E-state index contributed by atoms with van der Waals surface area (Å²) in [6.45, 7) is 3.91. The molecule has 7 nitrogen and oxygen atoms in total. The van der Waals surface area contributed by atoms with Crippen LogP contribution in [0.25, 0.3) is 10.2 Å². The van der Waals surface area contributed by atoms with E-state index in [-0.39, 0.29) is 11.5 Å². The van der Waals surface area contributed by atoms with Crippen molar-refractivity contribution < 1.29 is 9.53 Å². The number of thiophene rings is 1. The number of aromatic nitrogens is 2. The number of hydrogen-bond donors (Lipinski definition) is 1. The number of nitrogens with one attached hydrogen (secondary N) is 1. The van der Waals surface area contributed by atoms with Crippen LogP contribution < -0.4 is 15.7 Å². The third kappa shape index (κ3) is 3.87. The maximum Gasteiger partial charge on any atom is 0.263 e. The lowest BCUT2D eigenvalue weighted by molar-refractivity contribution is -0.123. The van der Waals surface area contributed by atoms with Crippen molar-refractivity contribution in [2.24, 2.45) is 11.0 Å². The Kier molecular flexibility index (Phi) is 5.67. The molecule has 1 aliphatic carbocycles. The third-order valence-electron chi connectivity index (χ3n) is 5.54. The maximum absolute atomic E-state index is 13.1. The number of ether oxygens (including phenoxy) is 1. The summed E-state index contributed by atoms with van der Waals surface area (Å²) in [6.07, 6.45) is 5.97. The number of methoxy groups -OCH3 is 1. The van der Waals surface area contributed by atoms with Gasteiger partial charge in [-0.15, -0.1) is 11.3 Å². The quantitative estimate of drug-likeness (QED) is 0.503. The first-order valence-corrected chi connectivity index (χ1v) is 10.8. The van der Waals surface area contributed by atoms with E-state index in [0.717, 1.165) is 41.0 Å². The zero-order chi connectivity index (χ0) is 21.3. The van der Waals surface area contributed by atoms with Crippen LogP contribution in [-0.2, 0) is 17.6 Å². The van der Waals surface area contributed by atoms with Gasteiger partial charge in [-0.3, -0.25) is 14.2 Å². The number of rotatable bonds is 5. The first kappa shape index (κ1) is 20.3. The predicted octanol–water partition coefficient (Wildman–Crippen LogP) is 3.30. The van der Waals surface area contributed by atoms with E-state index in [9.17, 15) is 9.59 Å². The van der Waals surface area contributed by atoms with E-state index in [0.29, 0.717) is 11.3 Å². The van der Waals surface area contributed by atoms with Gasteiger partial charge in [-0.2, -0.15) is 5.10 Å². The van der Waals surface area contributed by atoms with Gasteiger partial charge in [0.05, 0.1) is 25.0 Å². The fourth-order valence-corrected chi connectivity index (χ4v) is 5.04. The molecule has 0 saturated heterocycles. The molecule has 1 aromatic carbocycles. The van der Waals surface area contributed by atoms with E-state index in [2.05, 4.69) is 22.4 Å². The Morgan fingerprint density at radius 1 is 1.40 bits per heavy atom. The zero-order valence-corrected chi connectivity index (χ0v) is 18.0. The highest BCUT2D eigenvalue weighted by molar-refractivity contribution is 7.18. The van der Waals surface area contributed by atoms with Crippen LogP contribution in [0.15, 0.2) is 40.5 Å². The molecule has 0 aliphatic heterocycles. The molecule has 1 aliphatic rings. The van der Waals surface area contributed by atoms with Crippen molar-refractivity contribution in [2.45, 2.75) is 39.2 Å². The molecular formula is C22H24N4O3S. The second-order valence-electron chi connectivity index (χ2n) is 7.67. The Morgan fingerprint density at radius 3 is 2.90 bits per heavy atom. The van der Waals surface area contributed by atoms with Crippen molar-refractivity contribution in [3.05, 3.63) is 57.0 Å². The van der Waals surface area contributed by atoms with Crippen LogP contribution >= 0.6 is 11.3 Å². The molecule has 8 heteroatoms. The molecule has 156 valence electrons. The molecule has 2 unspecified atom stereocenters. The molecule has 2 heterocycles. The Balaban J connectivity index is 1.52. The van der Waals surface area contributed by atoms with Crippen LogP contribution in [0.5, 0.6) is 5.75 Å². The van der Waals surface area contributed by atoms with Crippen LogP contribution in [0.3, 0.4) is 0 Å². The lowest BCUT2D eigenvalue weighted by atomic mass is 9.89. The highest BCUT2D eigenvalue weighted by Gasteiger charge is 2.25. The van der Waals surface area contributed by atoms with E-state index in [1.165, 1.54) is 15.8 Å². The fourth-order valence-electron chi connectivity index (χ4n) is 3.70. The second-order valence-corrected chi connectivity index (χ2v) is 8.76. The van der Waals surface area contributed by atoms with Gasteiger partial charge in [0.15, 0.2) is 0 Å². The molecule has 4 rings (SSSR count). The van der Waals surface area contributed by atoms with Gasteiger partial charge in [0.1, 0.15) is 16.6 Å². The molecule has 2 aromatic heterocycles. The van der Waals surface area contributed by atoms with Crippen LogP contribution in [0.1, 0.15) is 42.3 Å². The van der Waals surface area contributed by atoms with E-state index >= 15 is 0 Å². The maximum atomic E-state index is 13.1. The number of aryl methyl sites for hydroxylation is 1. The first-order chi connectivity index (χ1) is 14.5. The molecule has 0 bridgehead atoms. The summed E-state index contributed by atoms with van der Waals surface area (Å²) in [5.74, 6) is 0.999. The lowest BCUT2D eigenvalue weighted by Crippen LogP contribution is -2.34. The summed E-state index contributed by atoms with van der Waals surface area (Å²) in [6, 6.07) is 6.57. The van der Waals surface area contributed by atoms with Gasteiger partial charge in [0, 0.05) is 4.88 Å². The van der Waals surface area contributed by atoms with Gasteiger partial charge >= 0.3 is 0 Å². The van der Waals surface area contributed by atoms with Crippen LogP contribution in [0.2, 0.25) is 0 Å². The van der Waals surface area contributed by atoms with Gasteiger partial charge in [-0.05, 0) is 67.5 Å². The molecule has 0 fully saturated rings.